The topological polar surface area (TPSA) is 70.1 Å². The van der Waals surface area contributed by atoms with Gasteiger partial charge in [0.05, 0.1) is 5.69 Å². The van der Waals surface area contributed by atoms with Gasteiger partial charge in [0.1, 0.15) is 11.8 Å². The molecule has 6 heteroatoms. The Hall–Kier alpha value is -3.64. The molecule has 0 saturated carbocycles. The predicted molar refractivity (Wildman–Crippen MR) is 130 cm³/mol. The summed E-state index contributed by atoms with van der Waals surface area (Å²) in [5, 5.41) is 10.1. The minimum atomic E-state index is -0.831. The number of aliphatic carboxylic acids is 1. The summed E-state index contributed by atoms with van der Waals surface area (Å²) in [4.78, 5) is 29.1. The van der Waals surface area contributed by atoms with Crippen molar-refractivity contribution in [2.24, 2.45) is 0 Å². The second-order valence-electron chi connectivity index (χ2n) is 8.96. The van der Waals surface area contributed by atoms with Crippen molar-refractivity contribution < 1.29 is 19.4 Å². The fourth-order valence-corrected chi connectivity index (χ4v) is 5.18. The summed E-state index contributed by atoms with van der Waals surface area (Å²) in [6.45, 7) is 2.59. The number of likely N-dealkylation sites (N-methyl/N-ethyl adjacent to an activating group) is 1. The molecule has 2 heterocycles. The van der Waals surface area contributed by atoms with Gasteiger partial charge in [-0.25, -0.2) is 0 Å². The molecule has 0 aromatic heterocycles. The average molecular weight is 457 g/mol. The third-order valence-corrected chi connectivity index (χ3v) is 6.97. The Labute approximate surface area is 199 Å². The number of nitrogens with zero attached hydrogens (tertiary/aromatic N) is 2. The van der Waals surface area contributed by atoms with Crippen molar-refractivity contribution in [2.45, 2.75) is 44.5 Å². The Balaban J connectivity index is 1.53. The quantitative estimate of drug-likeness (QED) is 0.600. The van der Waals surface area contributed by atoms with Gasteiger partial charge in [-0.05, 0) is 41.7 Å². The van der Waals surface area contributed by atoms with Crippen LogP contribution >= 0.6 is 0 Å². The van der Waals surface area contributed by atoms with Gasteiger partial charge in [0.25, 0.3) is 5.91 Å². The number of amides is 1. The van der Waals surface area contributed by atoms with Crippen molar-refractivity contribution in [3.8, 4) is 5.75 Å². The van der Waals surface area contributed by atoms with Gasteiger partial charge in [0, 0.05) is 25.2 Å². The van der Waals surface area contributed by atoms with Gasteiger partial charge >= 0.3 is 5.97 Å². The van der Waals surface area contributed by atoms with Gasteiger partial charge in [-0.3, -0.25) is 14.5 Å². The highest BCUT2D eigenvalue weighted by Gasteiger charge is 2.39. The molecule has 2 aliphatic heterocycles. The molecule has 0 bridgehead atoms. The van der Waals surface area contributed by atoms with Crippen molar-refractivity contribution in [3.05, 3.63) is 95.1 Å². The van der Waals surface area contributed by atoms with Crippen LogP contribution in [0.15, 0.2) is 72.8 Å². The molecule has 0 fully saturated rings. The van der Waals surface area contributed by atoms with E-state index in [0.29, 0.717) is 24.4 Å². The number of hydrogen-bond donors (Lipinski definition) is 1. The zero-order valence-corrected chi connectivity index (χ0v) is 19.3. The molecule has 3 aromatic carbocycles. The highest BCUT2D eigenvalue weighted by molar-refractivity contribution is 6.00. The molecule has 174 valence electrons. The van der Waals surface area contributed by atoms with E-state index in [-0.39, 0.29) is 11.9 Å². The van der Waals surface area contributed by atoms with E-state index >= 15 is 0 Å². The van der Waals surface area contributed by atoms with Crippen LogP contribution in [0, 0.1) is 0 Å². The van der Waals surface area contributed by atoms with Crippen molar-refractivity contribution in [1.29, 1.82) is 0 Å². The van der Waals surface area contributed by atoms with Gasteiger partial charge in [0.15, 0.2) is 0 Å². The summed E-state index contributed by atoms with van der Waals surface area (Å²) in [6.07, 6.45) is 0.486. The van der Waals surface area contributed by atoms with Crippen LogP contribution in [0.2, 0.25) is 0 Å². The van der Waals surface area contributed by atoms with Crippen molar-refractivity contribution in [1.82, 2.24) is 4.90 Å². The van der Waals surface area contributed by atoms with E-state index in [1.807, 2.05) is 60.7 Å². The Morgan fingerprint density at radius 2 is 1.74 bits per heavy atom. The first-order valence-corrected chi connectivity index (χ1v) is 11.7. The zero-order chi connectivity index (χ0) is 23.8. The van der Waals surface area contributed by atoms with Gasteiger partial charge in [-0.2, -0.15) is 0 Å². The summed E-state index contributed by atoms with van der Waals surface area (Å²) < 4.78 is 6.22. The standard InChI is InChI=1S/C28H28N2O4/c1-3-22(18-10-6-4-7-11-18)30-17-21-16-25-23(14-20(21)15-24(30)28(32)33)29(2)27(31)26(34-25)19-12-8-5-9-13-19/h4-14,16,22,24,26H,3,15,17H2,1-2H3,(H,32,33). The fourth-order valence-electron chi connectivity index (χ4n) is 5.18. The third-order valence-electron chi connectivity index (χ3n) is 6.97. The van der Waals surface area contributed by atoms with Crippen LogP contribution in [0.1, 0.15) is 47.7 Å². The highest BCUT2D eigenvalue weighted by Crippen LogP contribution is 2.43. The van der Waals surface area contributed by atoms with Crippen LogP contribution < -0.4 is 9.64 Å². The van der Waals surface area contributed by atoms with Gasteiger partial charge < -0.3 is 14.7 Å². The van der Waals surface area contributed by atoms with Crippen molar-refractivity contribution in [2.75, 3.05) is 11.9 Å². The lowest BCUT2D eigenvalue weighted by Gasteiger charge is -2.41. The molecule has 6 nitrogen and oxygen atoms in total. The van der Waals surface area contributed by atoms with Gasteiger partial charge in [-0.15, -0.1) is 0 Å². The van der Waals surface area contributed by atoms with Crippen LogP contribution in [0.3, 0.4) is 0 Å². The lowest BCUT2D eigenvalue weighted by Crippen LogP contribution is -2.47. The van der Waals surface area contributed by atoms with Gasteiger partial charge in [-0.1, -0.05) is 67.6 Å². The number of hydrogen-bond acceptors (Lipinski definition) is 4. The number of carbonyl (C=O) groups excluding carboxylic acids is 1. The van der Waals surface area contributed by atoms with Crippen molar-refractivity contribution in [3.63, 3.8) is 0 Å². The van der Waals surface area contributed by atoms with Crippen LogP contribution in [-0.4, -0.2) is 35.0 Å². The number of carbonyl (C=O) groups is 2. The first-order chi connectivity index (χ1) is 16.5. The average Bonchev–Trinajstić information content (AvgIpc) is 2.86. The first-order valence-electron chi connectivity index (χ1n) is 11.7. The zero-order valence-electron chi connectivity index (χ0n) is 19.3. The number of benzene rings is 3. The third kappa shape index (κ3) is 3.84. The molecule has 3 atom stereocenters. The van der Waals surface area contributed by atoms with E-state index in [9.17, 15) is 14.7 Å². The number of anilines is 1. The van der Waals surface area contributed by atoms with Crippen molar-refractivity contribution >= 4 is 17.6 Å². The van der Waals surface area contributed by atoms with Crippen LogP contribution in [0.5, 0.6) is 5.75 Å². The molecule has 1 N–H and O–H groups in total. The maximum atomic E-state index is 13.1. The second-order valence-corrected chi connectivity index (χ2v) is 8.96. The maximum Gasteiger partial charge on any atom is 0.321 e. The summed E-state index contributed by atoms with van der Waals surface area (Å²) in [5.41, 5.74) is 4.60. The molecule has 1 amide bonds. The molecule has 0 saturated heterocycles. The monoisotopic (exact) mass is 456 g/mol. The predicted octanol–water partition coefficient (Wildman–Crippen LogP) is 4.75. The largest absolute Gasteiger partial charge is 0.480 e. The summed E-state index contributed by atoms with van der Waals surface area (Å²) in [6, 6.07) is 22.8. The molecular formula is C28H28N2O4. The lowest BCUT2D eigenvalue weighted by molar-refractivity contribution is -0.145. The normalized spacial score (nSPS) is 20.8. The Morgan fingerprint density at radius 3 is 2.38 bits per heavy atom. The molecular weight excluding hydrogens is 428 g/mol. The molecule has 0 radical (unpaired) electrons. The van der Waals surface area contributed by atoms with E-state index in [2.05, 4.69) is 24.0 Å². The second kappa shape index (κ2) is 8.95. The van der Waals surface area contributed by atoms with E-state index in [4.69, 9.17) is 4.74 Å². The number of ether oxygens (including phenoxy) is 1. The summed E-state index contributed by atoms with van der Waals surface area (Å²) in [7, 11) is 1.75. The summed E-state index contributed by atoms with van der Waals surface area (Å²) >= 11 is 0. The number of carboxylic acids is 1. The van der Waals surface area contributed by atoms with E-state index in [1.54, 1.807) is 11.9 Å². The van der Waals surface area contributed by atoms with Crippen LogP contribution in [0.4, 0.5) is 5.69 Å². The molecule has 34 heavy (non-hydrogen) atoms. The Bertz CT molecular complexity index is 1210. The molecule has 0 spiro atoms. The van der Waals surface area contributed by atoms with E-state index in [0.717, 1.165) is 28.7 Å². The fraction of sp³-hybridized carbons (Fsp3) is 0.286. The van der Waals surface area contributed by atoms with E-state index in [1.165, 1.54) is 0 Å². The lowest BCUT2D eigenvalue weighted by atomic mass is 9.89. The Morgan fingerprint density at radius 1 is 1.06 bits per heavy atom. The Kier molecular flexibility index (Phi) is 5.84. The molecule has 5 rings (SSSR count). The summed E-state index contributed by atoms with van der Waals surface area (Å²) in [5.74, 6) is -0.320. The molecule has 3 aromatic rings. The number of fused-ring (bicyclic) bond motifs is 2. The first kappa shape index (κ1) is 22.2. The molecule has 0 aliphatic carbocycles. The number of rotatable bonds is 5. The highest BCUT2D eigenvalue weighted by atomic mass is 16.5. The number of carboxylic acid groups (broad SMARTS) is 1. The van der Waals surface area contributed by atoms with E-state index < -0.39 is 18.1 Å². The smallest absolute Gasteiger partial charge is 0.321 e. The molecule has 2 aliphatic rings. The SMILES string of the molecule is CCC(c1ccccc1)N1Cc2cc3c(cc2CC1C(=O)O)N(C)C(=O)C(c1ccccc1)O3. The van der Waals surface area contributed by atoms with Crippen LogP contribution in [0.25, 0.3) is 0 Å². The minimum Gasteiger partial charge on any atom is -0.480 e. The van der Waals surface area contributed by atoms with Gasteiger partial charge in [0.2, 0.25) is 6.10 Å². The maximum absolute atomic E-state index is 13.1. The van der Waals surface area contributed by atoms with Crippen LogP contribution in [-0.2, 0) is 22.6 Å². The molecule has 3 unspecified atom stereocenters. The minimum absolute atomic E-state index is 0.00582.